The van der Waals surface area contributed by atoms with Crippen molar-refractivity contribution >= 4 is 11.6 Å². The fourth-order valence-corrected chi connectivity index (χ4v) is 3.77. The Kier molecular flexibility index (Phi) is 4.90. The molecule has 0 bridgehead atoms. The predicted molar refractivity (Wildman–Crippen MR) is 96.1 cm³/mol. The Balaban J connectivity index is 1.74. The van der Waals surface area contributed by atoms with Gasteiger partial charge in [-0.2, -0.15) is 0 Å². The van der Waals surface area contributed by atoms with Gasteiger partial charge in [-0.15, -0.1) is 0 Å². The monoisotopic (exact) mass is 328 g/mol. The Bertz CT molecular complexity index is 721. The second kappa shape index (κ2) is 6.93. The van der Waals surface area contributed by atoms with E-state index >= 15 is 0 Å². The maximum atomic E-state index is 12.9. The van der Waals surface area contributed by atoms with Crippen molar-refractivity contribution in [3.05, 3.63) is 35.8 Å². The molecule has 0 N–H and O–H groups in total. The van der Waals surface area contributed by atoms with Gasteiger partial charge in [-0.3, -0.25) is 9.69 Å². The minimum Gasteiger partial charge on any atom is -0.340 e. The number of aryl methyl sites for hydroxylation is 1. The zero-order valence-electron chi connectivity index (χ0n) is 15.2. The molecule has 5 nitrogen and oxygen atoms in total. The molecule has 1 aliphatic rings. The first-order chi connectivity index (χ1) is 11.5. The van der Waals surface area contributed by atoms with E-state index in [1.54, 1.807) is 0 Å². The molecule has 0 spiro atoms. The number of amides is 1. The van der Waals surface area contributed by atoms with E-state index in [0.29, 0.717) is 18.5 Å². The summed E-state index contributed by atoms with van der Waals surface area (Å²) >= 11 is 0. The molecule has 5 heteroatoms. The Morgan fingerprint density at radius 3 is 2.83 bits per heavy atom. The van der Waals surface area contributed by atoms with E-state index in [9.17, 15) is 4.79 Å². The Labute approximate surface area is 144 Å². The average Bonchev–Trinajstić information content (AvgIpc) is 2.89. The van der Waals surface area contributed by atoms with E-state index in [1.807, 2.05) is 40.6 Å². The van der Waals surface area contributed by atoms with Crippen molar-refractivity contribution in [2.45, 2.75) is 52.6 Å². The van der Waals surface area contributed by atoms with Crippen LogP contribution in [-0.4, -0.2) is 56.8 Å². The highest BCUT2D eigenvalue weighted by Gasteiger charge is 2.30. The molecule has 0 aromatic carbocycles. The molecule has 130 valence electrons. The molecule has 1 amide bonds. The summed E-state index contributed by atoms with van der Waals surface area (Å²) in [7, 11) is 0. The number of aromatic nitrogens is 2. The molecule has 0 saturated carbocycles. The molecule has 1 unspecified atom stereocenters. The van der Waals surface area contributed by atoms with E-state index in [4.69, 9.17) is 0 Å². The lowest BCUT2D eigenvalue weighted by molar-refractivity contribution is -0.134. The van der Waals surface area contributed by atoms with Crippen LogP contribution in [0, 0.1) is 6.92 Å². The number of imidazole rings is 1. The fraction of sp³-hybridized carbons (Fsp3) is 0.579. The first-order valence-corrected chi connectivity index (χ1v) is 8.97. The fourth-order valence-electron chi connectivity index (χ4n) is 3.77. The molecular formula is C19H28N4O. The van der Waals surface area contributed by atoms with E-state index in [-0.39, 0.29) is 5.91 Å². The number of fused-ring (bicyclic) bond motifs is 1. The van der Waals surface area contributed by atoms with Crippen molar-refractivity contribution in [2.75, 3.05) is 19.6 Å². The van der Waals surface area contributed by atoms with Crippen molar-refractivity contribution in [2.24, 2.45) is 0 Å². The molecule has 2 aromatic heterocycles. The van der Waals surface area contributed by atoms with E-state index in [2.05, 4.69) is 30.7 Å². The normalized spacial score (nSPS) is 19.4. The highest BCUT2D eigenvalue weighted by atomic mass is 16.2. The summed E-state index contributed by atoms with van der Waals surface area (Å²) < 4.78 is 2.04. The first kappa shape index (κ1) is 17.0. The van der Waals surface area contributed by atoms with Gasteiger partial charge in [0.05, 0.1) is 17.8 Å². The summed E-state index contributed by atoms with van der Waals surface area (Å²) in [4.78, 5) is 22.0. The zero-order valence-corrected chi connectivity index (χ0v) is 15.2. The van der Waals surface area contributed by atoms with Gasteiger partial charge in [0.2, 0.25) is 5.91 Å². The number of hydrogen-bond donors (Lipinski definition) is 0. The van der Waals surface area contributed by atoms with Gasteiger partial charge in [0.25, 0.3) is 0 Å². The molecule has 1 aliphatic heterocycles. The van der Waals surface area contributed by atoms with Crippen molar-refractivity contribution in [3.63, 3.8) is 0 Å². The van der Waals surface area contributed by atoms with Crippen LogP contribution in [0.1, 0.15) is 38.6 Å². The lowest BCUT2D eigenvalue weighted by Crippen LogP contribution is -2.56. The summed E-state index contributed by atoms with van der Waals surface area (Å²) in [5, 5.41) is 0. The third kappa shape index (κ3) is 3.18. The van der Waals surface area contributed by atoms with Crippen LogP contribution in [0.3, 0.4) is 0 Å². The van der Waals surface area contributed by atoms with Gasteiger partial charge in [-0.05, 0) is 39.3 Å². The van der Waals surface area contributed by atoms with Gasteiger partial charge in [0.1, 0.15) is 5.65 Å². The largest absolute Gasteiger partial charge is 0.340 e. The van der Waals surface area contributed by atoms with Crippen LogP contribution < -0.4 is 0 Å². The summed E-state index contributed by atoms with van der Waals surface area (Å²) in [6.07, 6.45) is 3.50. The third-order valence-corrected chi connectivity index (χ3v) is 5.16. The van der Waals surface area contributed by atoms with Crippen LogP contribution >= 0.6 is 0 Å². The second-order valence-electron chi connectivity index (χ2n) is 6.98. The van der Waals surface area contributed by atoms with Gasteiger partial charge in [-0.25, -0.2) is 4.98 Å². The number of piperazine rings is 1. The van der Waals surface area contributed by atoms with Crippen molar-refractivity contribution in [3.8, 4) is 0 Å². The molecule has 3 rings (SSSR count). The van der Waals surface area contributed by atoms with Crippen LogP contribution in [-0.2, 0) is 11.2 Å². The Morgan fingerprint density at radius 2 is 2.12 bits per heavy atom. The van der Waals surface area contributed by atoms with Crippen LogP contribution in [0.5, 0.6) is 0 Å². The SMILES string of the molecule is CCC1CN(C(=O)Cc2c(C)nc3ccccn23)CCN1C(C)C. The van der Waals surface area contributed by atoms with Gasteiger partial charge in [0.15, 0.2) is 0 Å². The molecule has 3 heterocycles. The minimum absolute atomic E-state index is 0.214. The molecule has 2 aromatic rings. The zero-order chi connectivity index (χ0) is 17.3. The smallest absolute Gasteiger partial charge is 0.228 e. The summed E-state index contributed by atoms with van der Waals surface area (Å²) in [5.74, 6) is 0.214. The molecule has 1 fully saturated rings. The predicted octanol–water partition coefficient (Wildman–Crippen LogP) is 2.52. The Morgan fingerprint density at radius 1 is 1.33 bits per heavy atom. The molecule has 0 radical (unpaired) electrons. The van der Waals surface area contributed by atoms with Crippen molar-refractivity contribution < 1.29 is 4.79 Å². The van der Waals surface area contributed by atoms with E-state index in [1.165, 1.54) is 0 Å². The summed E-state index contributed by atoms with van der Waals surface area (Å²) in [5.41, 5.74) is 2.87. The minimum atomic E-state index is 0.214. The standard InChI is InChI=1S/C19H28N4O/c1-5-16-13-21(10-11-22(16)14(2)3)19(24)12-17-15(4)20-18-8-6-7-9-23(17)18/h6-9,14,16H,5,10-13H2,1-4H3. The van der Waals surface area contributed by atoms with Crippen LogP contribution in [0.2, 0.25) is 0 Å². The highest BCUT2D eigenvalue weighted by molar-refractivity contribution is 5.79. The van der Waals surface area contributed by atoms with Gasteiger partial charge >= 0.3 is 0 Å². The quantitative estimate of drug-likeness (QED) is 0.866. The van der Waals surface area contributed by atoms with E-state index in [0.717, 1.165) is 43.1 Å². The maximum Gasteiger partial charge on any atom is 0.228 e. The molecule has 0 aliphatic carbocycles. The number of carbonyl (C=O) groups is 1. The first-order valence-electron chi connectivity index (χ1n) is 8.97. The maximum absolute atomic E-state index is 12.9. The molecule has 24 heavy (non-hydrogen) atoms. The molecule has 1 atom stereocenters. The lowest BCUT2D eigenvalue weighted by Gasteiger charge is -2.43. The number of nitrogens with zero attached hydrogens (tertiary/aromatic N) is 4. The van der Waals surface area contributed by atoms with Gasteiger partial charge < -0.3 is 9.30 Å². The van der Waals surface area contributed by atoms with Crippen molar-refractivity contribution in [1.82, 2.24) is 19.2 Å². The number of hydrogen-bond acceptors (Lipinski definition) is 3. The van der Waals surface area contributed by atoms with Gasteiger partial charge in [0, 0.05) is 37.9 Å². The molecular weight excluding hydrogens is 300 g/mol. The van der Waals surface area contributed by atoms with Crippen LogP contribution in [0.4, 0.5) is 0 Å². The summed E-state index contributed by atoms with van der Waals surface area (Å²) in [6.45, 7) is 11.3. The molecule has 1 saturated heterocycles. The summed E-state index contributed by atoms with van der Waals surface area (Å²) in [6, 6.07) is 6.94. The number of pyridine rings is 1. The van der Waals surface area contributed by atoms with E-state index < -0.39 is 0 Å². The number of carbonyl (C=O) groups excluding carboxylic acids is 1. The van der Waals surface area contributed by atoms with Crippen LogP contribution in [0.25, 0.3) is 5.65 Å². The second-order valence-corrected chi connectivity index (χ2v) is 6.98. The van der Waals surface area contributed by atoms with Crippen molar-refractivity contribution in [1.29, 1.82) is 0 Å². The number of rotatable bonds is 4. The Hall–Kier alpha value is -1.88. The lowest BCUT2D eigenvalue weighted by atomic mass is 10.1. The average molecular weight is 328 g/mol. The van der Waals surface area contributed by atoms with Gasteiger partial charge in [-0.1, -0.05) is 13.0 Å². The van der Waals surface area contributed by atoms with Crippen LogP contribution in [0.15, 0.2) is 24.4 Å². The highest BCUT2D eigenvalue weighted by Crippen LogP contribution is 2.18. The topological polar surface area (TPSA) is 40.9 Å². The third-order valence-electron chi connectivity index (χ3n) is 5.16.